The SMILES string of the molecule is O=S(=O)(c1cccc2cncc(C(F)F)c12)N1CC2CCNCC2C1. The molecule has 4 rings (SSSR count). The highest BCUT2D eigenvalue weighted by molar-refractivity contribution is 7.89. The number of sulfonamides is 1. The van der Waals surface area contributed by atoms with Gasteiger partial charge in [-0.15, -0.1) is 0 Å². The van der Waals surface area contributed by atoms with Crippen LogP contribution in [0.15, 0.2) is 35.5 Å². The van der Waals surface area contributed by atoms with Crippen molar-refractivity contribution in [2.75, 3.05) is 26.2 Å². The quantitative estimate of drug-likeness (QED) is 0.905. The van der Waals surface area contributed by atoms with Crippen LogP contribution in [0.3, 0.4) is 0 Å². The summed E-state index contributed by atoms with van der Waals surface area (Å²) in [4.78, 5) is 3.77. The monoisotopic (exact) mass is 367 g/mol. The molecule has 134 valence electrons. The number of nitrogens with zero attached hydrogens (tertiary/aromatic N) is 2. The first-order chi connectivity index (χ1) is 12.0. The van der Waals surface area contributed by atoms with Gasteiger partial charge >= 0.3 is 0 Å². The van der Waals surface area contributed by atoms with Crippen LogP contribution >= 0.6 is 0 Å². The fourth-order valence-electron chi connectivity index (χ4n) is 3.97. The number of alkyl halides is 2. The second kappa shape index (κ2) is 6.26. The van der Waals surface area contributed by atoms with Gasteiger partial charge in [0.2, 0.25) is 10.0 Å². The number of hydrogen-bond acceptors (Lipinski definition) is 4. The summed E-state index contributed by atoms with van der Waals surface area (Å²) < 4.78 is 54.7. The lowest BCUT2D eigenvalue weighted by molar-refractivity contribution is 0.152. The zero-order chi connectivity index (χ0) is 17.6. The predicted molar refractivity (Wildman–Crippen MR) is 89.9 cm³/mol. The molecule has 8 heteroatoms. The minimum atomic E-state index is -3.84. The molecule has 2 aliphatic heterocycles. The van der Waals surface area contributed by atoms with Crippen LogP contribution in [-0.2, 0) is 10.0 Å². The van der Waals surface area contributed by atoms with Gasteiger partial charge in [-0.1, -0.05) is 12.1 Å². The van der Waals surface area contributed by atoms with Gasteiger partial charge in [0.15, 0.2) is 0 Å². The molecule has 2 saturated heterocycles. The topological polar surface area (TPSA) is 62.3 Å². The van der Waals surface area contributed by atoms with Gasteiger partial charge in [0.1, 0.15) is 0 Å². The Bertz CT molecular complexity index is 885. The van der Waals surface area contributed by atoms with Crippen molar-refractivity contribution in [3.05, 3.63) is 36.2 Å². The molecule has 2 fully saturated rings. The van der Waals surface area contributed by atoms with Crippen molar-refractivity contribution in [2.24, 2.45) is 11.8 Å². The zero-order valence-corrected chi connectivity index (χ0v) is 14.3. The van der Waals surface area contributed by atoms with Crippen molar-refractivity contribution in [3.8, 4) is 0 Å². The Labute approximate surface area is 145 Å². The Kier molecular flexibility index (Phi) is 4.21. The molecule has 0 bridgehead atoms. The summed E-state index contributed by atoms with van der Waals surface area (Å²) in [7, 11) is -3.84. The summed E-state index contributed by atoms with van der Waals surface area (Å²) in [5.74, 6) is 0.622. The van der Waals surface area contributed by atoms with E-state index in [0.29, 0.717) is 24.4 Å². The van der Waals surface area contributed by atoms with Crippen molar-refractivity contribution >= 4 is 20.8 Å². The Morgan fingerprint density at radius 2 is 2.00 bits per heavy atom. The summed E-state index contributed by atoms with van der Waals surface area (Å²) >= 11 is 0. The Morgan fingerprint density at radius 3 is 2.76 bits per heavy atom. The minimum Gasteiger partial charge on any atom is -0.316 e. The number of hydrogen-bond donors (Lipinski definition) is 1. The van der Waals surface area contributed by atoms with Gasteiger partial charge in [-0.25, -0.2) is 17.2 Å². The van der Waals surface area contributed by atoms with E-state index in [1.807, 2.05) is 0 Å². The summed E-state index contributed by atoms with van der Waals surface area (Å²) in [6, 6.07) is 4.61. The Balaban J connectivity index is 1.81. The maximum absolute atomic E-state index is 13.4. The van der Waals surface area contributed by atoms with Crippen LogP contribution in [0.25, 0.3) is 10.8 Å². The second-order valence-corrected chi connectivity index (χ2v) is 8.63. The van der Waals surface area contributed by atoms with Crippen molar-refractivity contribution in [1.82, 2.24) is 14.6 Å². The van der Waals surface area contributed by atoms with E-state index in [9.17, 15) is 17.2 Å². The maximum atomic E-state index is 13.4. The average molecular weight is 367 g/mol. The summed E-state index contributed by atoms with van der Waals surface area (Å²) in [6.45, 7) is 2.59. The lowest BCUT2D eigenvalue weighted by Gasteiger charge is -2.24. The molecule has 1 aromatic carbocycles. The molecular weight excluding hydrogens is 348 g/mol. The molecule has 2 atom stereocenters. The van der Waals surface area contributed by atoms with Gasteiger partial charge in [-0.3, -0.25) is 4.98 Å². The van der Waals surface area contributed by atoms with E-state index in [1.54, 1.807) is 12.1 Å². The van der Waals surface area contributed by atoms with Crippen LogP contribution in [-0.4, -0.2) is 43.9 Å². The van der Waals surface area contributed by atoms with Crippen molar-refractivity contribution in [2.45, 2.75) is 17.7 Å². The van der Waals surface area contributed by atoms with Gasteiger partial charge < -0.3 is 5.32 Å². The van der Waals surface area contributed by atoms with E-state index in [4.69, 9.17) is 0 Å². The largest absolute Gasteiger partial charge is 0.316 e. The van der Waals surface area contributed by atoms with Gasteiger partial charge in [0, 0.05) is 41.8 Å². The van der Waals surface area contributed by atoms with E-state index < -0.39 is 16.4 Å². The molecule has 5 nitrogen and oxygen atoms in total. The third-order valence-corrected chi connectivity index (χ3v) is 7.14. The van der Waals surface area contributed by atoms with Crippen LogP contribution in [0, 0.1) is 11.8 Å². The maximum Gasteiger partial charge on any atom is 0.265 e. The van der Waals surface area contributed by atoms with Crippen LogP contribution in [0.5, 0.6) is 0 Å². The van der Waals surface area contributed by atoms with Crippen LogP contribution in [0.1, 0.15) is 18.4 Å². The molecule has 25 heavy (non-hydrogen) atoms. The predicted octanol–water partition coefficient (Wildman–Crippen LogP) is 2.40. The molecule has 2 unspecified atom stereocenters. The molecular formula is C17H19F2N3O2S. The van der Waals surface area contributed by atoms with E-state index in [0.717, 1.165) is 25.7 Å². The average Bonchev–Trinajstić information content (AvgIpc) is 3.05. The Hall–Kier alpha value is -1.64. The molecule has 3 heterocycles. The molecule has 0 amide bonds. The van der Waals surface area contributed by atoms with E-state index in [2.05, 4.69) is 10.3 Å². The summed E-state index contributed by atoms with van der Waals surface area (Å²) in [6.07, 6.45) is 0.643. The highest BCUT2D eigenvalue weighted by atomic mass is 32.2. The number of rotatable bonds is 3. The first-order valence-electron chi connectivity index (χ1n) is 8.34. The zero-order valence-electron chi connectivity index (χ0n) is 13.5. The van der Waals surface area contributed by atoms with Crippen LogP contribution in [0.2, 0.25) is 0 Å². The number of halogens is 2. The molecule has 1 N–H and O–H groups in total. The van der Waals surface area contributed by atoms with Crippen LogP contribution < -0.4 is 5.32 Å². The van der Waals surface area contributed by atoms with Gasteiger partial charge in [0.25, 0.3) is 6.43 Å². The third-order valence-electron chi connectivity index (χ3n) is 5.27. The molecule has 0 radical (unpaired) electrons. The van der Waals surface area contributed by atoms with Gasteiger partial charge in [0.05, 0.1) is 4.90 Å². The number of nitrogens with one attached hydrogen (secondary N) is 1. The summed E-state index contributed by atoms with van der Waals surface area (Å²) in [5.41, 5.74) is -0.338. The molecule has 1 aromatic heterocycles. The van der Waals surface area contributed by atoms with E-state index in [-0.39, 0.29) is 21.8 Å². The Morgan fingerprint density at radius 1 is 1.20 bits per heavy atom. The van der Waals surface area contributed by atoms with Crippen molar-refractivity contribution in [3.63, 3.8) is 0 Å². The third kappa shape index (κ3) is 2.82. The van der Waals surface area contributed by atoms with Gasteiger partial charge in [-0.05, 0) is 37.4 Å². The lowest BCUT2D eigenvalue weighted by atomic mass is 9.90. The second-order valence-electron chi connectivity index (χ2n) is 6.72. The van der Waals surface area contributed by atoms with Crippen LogP contribution in [0.4, 0.5) is 8.78 Å². The minimum absolute atomic E-state index is 0.0469. The molecule has 0 spiro atoms. The van der Waals surface area contributed by atoms with Crippen molar-refractivity contribution < 1.29 is 17.2 Å². The number of benzene rings is 1. The number of fused-ring (bicyclic) bond motifs is 2. The molecule has 2 aromatic rings. The number of aromatic nitrogens is 1. The molecule has 0 aliphatic carbocycles. The van der Waals surface area contributed by atoms with Gasteiger partial charge in [-0.2, -0.15) is 4.31 Å². The lowest BCUT2D eigenvalue weighted by Crippen LogP contribution is -2.35. The number of pyridine rings is 1. The summed E-state index contributed by atoms with van der Waals surface area (Å²) in [5, 5.41) is 3.79. The first-order valence-corrected chi connectivity index (χ1v) is 9.78. The standard InChI is InChI=1S/C17H19F2N3O2S/c18-17(19)14-8-21-6-11-2-1-3-15(16(11)14)25(23,24)22-9-12-4-5-20-7-13(12)10-22/h1-3,6,8,12-13,17,20H,4-5,7,9-10H2. The number of piperidine rings is 1. The normalized spacial score (nSPS) is 24.8. The highest BCUT2D eigenvalue weighted by Crippen LogP contribution is 2.36. The van der Waals surface area contributed by atoms with Crippen molar-refractivity contribution in [1.29, 1.82) is 0 Å². The van der Waals surface area contributed by atoms with E-state index >= 15 is 0 Å². The smallest absolute Gasteiger partial charge is 0.265 e. The molecule has 0 saturated carbocycles. The fourth-order valence-corrected chi connectivity index (χ4v) is 5.77. The fraction of sp³-hybridized carbons (Fsp3) is 0.471. The van der Waals surface area contributed by atoms with E-state index in [1.165, 1.54) is 16.6 Å². The molecule has 2 aliphatic rings. The highest BCUT2D eigenvalue weighted by Gasteiger charge is 2.40. The first kappa shape index (κ1) is 16.8.